The van der Waals surface area contributed by atoms with Crippen molar-refractivity contribution in [3.63, 3.8) is 0 Å². The minimum Gasteiger partial charge on any atom is -0.399 e. The summed E-state index contributed by atoms with van der Waals surface area (Å²) in [4.78, 5) is 2.50. The predicted octanol–water partition coefficient (Wildman–Crippen LogP) is 3.25. The van der Waals surface area contributed by atoms with E-state index < -0.39 is 0 Å². The van der Waals surface area contributed by atoms with E-state index in [0.29, 0.717) is 0 Å². The largest absolute Gasteiger partial charge is 0.399 e. The number of benzene rings is 1. The average Bonchev–Trinajstić information content (AvgIpc) is 2.28. The molecule has 1 atom stereocenters. The molecule has 4 heteroatoms. The second-order valence-corrected chi connectivity index (χ2v) is 6.37. The first-order chi connectivity index (χ1) is 8.17. The summed E-state index contributed by atoms with van der Waals surface area (Å²) in [7, 11) is 0. The van der Waals surface area contributed by atoms with Crippen molar-refractivity contribution in [1.82, 2.24) is 4.90 Å². The lowest BCUT2D eigenvalue weighted by atomic mass is 10.2. The lowest BCUT2D eigenvalue weighted by Gasteiger charge is -2.31. The summed E-state index contributed by atoms with van der Waals surface area (Å²) in [6.45, 7) is 5.56. The van der Waals surface area contributed by atoms with Crippen LogP contribution in [0.2, 0.25) is 5.02 Å². The van der Waals surface area contributed by atoms with Crippen LogP contribution in [0.1, 0.15) is 18.9 Å². The fourth-order valence-electron chi connectivity index (χ4n) is 2.20. The number of anilines is 1. The van der Waals surface area contributed by atoms with Gasteiger partial charge < -0.3 is 5.73 Å². The minimum atomic E-state index is 0.735. The van der Waals surface area contributed by atoms with E-state index in [2.05, 4.69) is 23.6 Å². The van der Waals surface area contributed by atoms with Gasteiger partial charge in [-0.05, 0) is 30.2 Å². The zero-order valence-corrected chi connectivity index (χ0v) is 11.7. The van der Waals surface area contributed by atoms with Crippen LogP contribution < -0.4 is 5.73 Å². The Kier molecular flexibility index (Phi) is 4.60. The second kappa shape index (κ2) is 5.98. The fourth-order valence-corrected chi connectivity index (χ4v) is 3.71. The third-order valence-corrected chi connectivity index (χ3v) is 4.65. The summed E-state index contributed by atoms with van der Waals surface area (Å²) >= 11 is 8.11. The highest BCUT2D eigenvalue weighted by molar-refractivity contribution is 8.00. The zero-order chi connectivity index (χ0) is 12.3. The van der Waals surface area contributed by atoms with Gasteiger partial charge in [0.25, 0.3) is 0 Å². The highest BCUT2D eigenvalue weighted by Crippen LogP contribution is 2.24. The van der Waals surface area contributed by atoms with Crippen molar-refractivity contribution < 1.29 is 0 Å². The maximum atomic E-state index is 6.02. The summed E-state index contributed by atoms with van der Waals surface area (Å²) in [5.74, 6) is 1.23. The standard InChI is InChI=1S/C13H19ClN2S/c1-2-13-9-16(3-4-17-13)8-10-5-11(14)7-12(15)6-10/h5-7,13H,2-4,8-9,15H2,1H3. The van der Waals surface area contributed by atoms with Crippen LogP contribution in [0.3, 0.4) is 0 Å². The van der Waals surface area contributed by atoms with E-state index in [0.717, 1.165) is 29.0 Å². The molecule has 0 spiro atoms. The Morgan fingerprint density at radius 2 is 2.29 bits per heavy atom. The molecule has 1 unspecified atom stereocenters. The van der Waals surface area contributed by atoms with Crippen molar-refractivity contribution in [2.45, 2.75) is 25.1 Å². The molecular formula is C13H19ClN2S. The Balaban J connectivity index is 2.00. The molecule has 1 aromatic carbocycles. The van der Waals surface area contributed by atoms with Gasteiger partial charge in [0.05, 0.1) is 0 Å². The van der Waals surface area contributed by atoms with Crippen LogP contribution in [0.4, 0.5) is 5.69 Å². The lowest BCUT2D eigenvalue weighted by Crippen LogP contribution is -2.37. The maximum absolute atomic E-state index is 6.02. The van der Waals surface area contributed by atoms with E-state index in [9.17, 15) is 0 Å². The molecule has 0 saturated carbocycles. The normalized spacial score (nSPS) is 21.6. The molecule has 0 aliphatic carbocycles. The van der Waals surface area contributed by atoms with Crippen molar-refractivity contribution >= 4 is 29.1 Å². The first kappa shape index (κ1) is 13.1. The molecule has 0 radical (unpaired) electrons. The van der Waals surface area contributed by atoms with E-state index in [1.54, 1.807) is 6.07 Å². The Hall–Kier alpha value is -0.380. The van der Waals surface area contributed by atoms with Crippen LogP contribution >= 0.6 is 23.4 Å². The monoisotopic (exact) mass is 270 g/mol. The first-order valence-electron chi connectivity index (χ1n) is 6.06. The van der Waals surface area contributed by atoms with E-state index >= 15 is 0 Å². The topological polar surface area (TPSA) is 29.3 Å². The molecule has 2 rings (SSSR count). The van der Waals surface area contributed by atoms with Crippen molar-refractivity contribution in [1.29, 1.82) is 0 Å². The van der Waals surface area contributed by atoms with Gasteiger partial charge in [-0.1, -0.05) is 18.5 Å². The molecule has 94 valence electrons. The molecule has 2 N–H and O–H groups in total. The summed E-state index contributed by atoms with van der Waals surface area (Å²) in [6, 6.07) is 5.83. The van der Waals surface area contributed by atoms with Crippen LogP contribution in [0.25, 0.3) is 0 Å². The van der Waals surface area contributed by atoms with Gasteiger partial charge in [-0.15, -0.1) is 0 Å². The SMILES string of the molecule is CCC1CN(Cc2cc(N)cc(Cl)c2)CCS1. The second-order valence-electron chi connectivity index (χ2n) is 4.53. The predicted molar refractivity (Wildman–Crippen MR) is 77.7 cm³/mol. The lowest BCUT2D eigenvalue weighted by molar-refractivity contribution is 0.273. The number of halogens is 1. The minimum absolute atomic E-state index is 0.735. The molecule has 1 aromatic rings. The van der Waals surface area contributed by atoms with Gasteiger partial charge >= 0.3 is 0 Å². The molecule has 0 bridgehead atoms. The van der Waals surface area contributed by atoms with Gasteiger partial charge in [-0.3, -0.25) is 4.90 Å². The Morgan fingerprint density at radius 3 is 3.00 bits per heavy atom. The van der Waals surface area contributed by atoms with Crippen LogP contribution in [0.5, 0.6) is 0 Å². The van der Waals surface area contributed by atoms with Crippen molar-refractivity contribution in [2.24, 2.45) is 0 Å². The maximum Gasteiger partial charge on any atom is 0.0429 e. The van der Waals surface area contributed by atoms with Gasteiger partial charge in [-0.2, -0.15) is 11.8 Å². The van der Waals surface area contributed by atoms with Gasteiger partial charge in [0.1, 0.15) is 0 Å². The molecule has 1 heterocycles. The molecule has 1 aliphatic heterocycles. The molecule has 0 aromatic heterocycles. The fraction of sp³-hybridized carbons (Fsp3) is 0.538. The van der Waals surface area contributed by atoms with Crippen LogP contribution in [-0.2, 0) is 6.54 Å². The number of hydrogen-bond donors (Lipinski definition) is 1. The summed E-state index contributed by atoms with van der Waals surface area (Å²) in [5, 5.41) is 1.51. The molecule has 1 fully saturated rings. The number of thioether (sulfide) groups is 1. The molecular weight excluding hydrogens is 252 g/mol. The van der Waals surface area contributed by atoms with Crippen LogP contribution in [0, 0.1) is 0 Å². The van der Waals surface area contributed by atoms with Crippen molar-refractivity contribution in [3.05, 3.63) is 28.8 Å². The van der Waals surface area contributed by atoms with Gasteiger partial charge in [-0.25, -0.2) is 0 Å². The van der Waals surface area contributed by atoms with E-state index in [4.69, 9.17) is 17.3 Å². The summed E-state index contributed by atoms with van der Waals surface area (Å²) in [5.41, 5.74) is 7.79. The van der Waals surface area contributed by atoms with Gasteiger partial charge in [0, 0.05) is 41.3 Å². The highest BCUT2D eigenvalue weighted by atomic mass is 35.5. The molecule has 2 nitrogen and oxygen atoms in total. The van der Waals surface area contributed by atoms with Crippen molar-refractivity contribution in [3.8, 4) is 0 Å². The van der Waals surface area contributed by atoms with Gasteiger partial charge in [0.15, 0.2) is 0 Å². The van der Waals surface area contributed by atoms with Crippen LogP contribution in [0.15, 0.2) is 18.2 Å². The van der Waals surface area contributed by atoms with Crippen LogP contribution in [-0.4, -0.2) is 29.0 Å². The smallest absolute Gasteiger partial charge is 0.0429 e. The van der Waals surface area contributed by atoms with Gasteiger partial charge in [0.2, 0.25) is 0 Å². The number of hydrogen-bond acceptors (Lipinski definition) is 3. The third kappa shape index (κ3) is 3.80. The quantitative estimate of drug-likeness (QED) is 0.855. The number of nitrogens with zero attached hydrogens (tertiary/aromatic N) is 1. The van der Waals surface area contributed by atoms with E-state index in [1.807, 2.05) is 12.1 Å². The third-order valence-electron chi connectivity index (χ3n) is 3.06. The zero-order valence-electron chi connectivity index (χ0n) is 10.2. The Bertz CT molecular complexity index is 363. The van der Waals surface area contributed by atoms with E-state index in [-0.39, 0.29) is 0 Å². The number of rotatable bonds is 3. The Morgan fingerprint density at radius 1 is 1.47 bits per heavy atom. The summed E-state index contributed by atoms with van der Waals surface area (Å²) < 4.78 is 0. The first-order valence-corrected chi connectivity index (χ1v) is 7.49. The van der Waals surface area contributed by atoms with E-state index in [1.165, 1.54) is 24.3 Å². The Labute approximate surface area is 113 Å². The number of nitrogens with two attached hydrogens (primary N) is 1. The molecule has 17 heavy (non-hydrogen) atoms. The average molecular weight is 271 g/mol. The molecule has 0 amide bonds. The van der Waals surface area contributed by atoms with Crippen molar-refractivity contribution in [2.75, 3.05) is 24.6 Å². The molecule has 1 aliphatic rings. The number of nitrogen functional groups attached to an aromatic ring is 1. The highest BCUT2D eigenvalue weighted by Gasteiger charge is 2.18. The summed E-state index contributed by atoms with van der Waals surface area (Å²) in [6.07, 6.45) is 1.25. The molecule has 1 saturated heterocycles.